The topological polar surface area (TPSA) is 41.1 Å². The molecule has 1 fully saturated rings. The molecule has 2 rings (SSSR count). The van der Waals surface area contributed by atoms with E-state index in [4.69, 9.17) is 0 Å². The van der Waals surface area contributed by atoms with Crippen LogP contribution >= 0.6 is 24.2 Å². The molecule has 1 aliphatic heterocycles. The molecule has 142 valence electrons. The molecule has 1 amide bonds. The van der Waals surface area contributed by atoms with E-state index in [-0.39, 0.29) is 18.3 Å². The van der Waals surface area contributed by atoms with Gasteiger partial charge in [-0.25, -0.2) is 0 Å². The normalized spacial score (nSPS) is 18.5. The van der Waals surface area contributed by atoms with Crippen LogP contribution in [0.5, 0.6) is 0 Å². The number of hydrogen-bond donors (Lipinski definition) is 2. The molecule has 0 spiro atoms. The van der Waals surface area contributed by atoms with Crippen LogP contribution in [-0.4, -0.2) is 24.2 Å². The molecule has 2 N–H and O–H groups in total. The van der Waals surface area contributed by atoms with Crippen LogP contribution in [-0.2, 0) is 10.5 Å². The van der Waals surface area contributed by atoms with Gasteiger partial charge in [0.05, 0.1) is 0 Å². The Morgan fingerprint density at radius 1 is 1.36 bits per heavy atom. The molecule has 1 heterocycles. The lowest BCUT2D eigenvalue weighted by molar-refractivity contribution is -0.117. The number of carbonyl (C=O) groups is 1. The van der Waals surface area contributed by atoms with Crippen LogP contribution in [0.4, 0.5) is 5.69 Å². The average molecular weight is 385 g/mol. The van der Waals surface area contributed by atoms with Gasteiger partial charge < -0.3 is 10.6 Å². The summed E-state index contributed by atoms with van der Waals surface area (Å²) < 4.78 is 0. The van der Waals surface area contributed by atoms with Gasteiger partial charge in [-0.2, -0.15) is 11.8 Å². The van der Waals surface area contributed by atoms with Crippen molar-refractivity contribution < 1.29 is 4.79 Å². The predicted octanol–water partition coefficient (Wildman–Crippen LogP) is 5.02. The number of thioether (sulfide) groups is 1. The number of piperidine rings is 1. The molecule has 1 aliphatic rings. The molecular formula is C20H33ClN2OS. The standard InChI is InChI=1S/C20H32N2OS.ClH/c1-14(2)24-13-18-7-5-9-19(16(18)4)22-20(23)11-15(3)17-8-6-10-21-12-17;/h5,7,9,14-15,17,21H,6,8,10-13H2,1-4H3,(H,22,23);1H. The molecule has 5 heteroatoms. The first kappa shape index (κ1) is 22.3. The zero-order chi connectivity index (χ0) is 17.5. The molecule has 2 unspecified atom stereocenters. The van der Waals surface area contributed by atoms with Gasteiger partial charge in [0.15, 0.2) is 0 Å². The SMILES string of the molecule is Cc1c(CSC(C)C)cccc1NC(=O)CC(C)C1CCCNC1.Cl. The number of halogens is 1. The molecule has 0 aliphatic carbocycles. The molecule has 0 saturated carbocycles. The molecule has 2 atom stereocenters. The maximum atomic E-state index is 12.5. The Balaban J connectivity index is 0.00000312. The zero-order valence-electron chi connectivity index (χ0n) is 15.9. The van der Waals surface area contributed by atoms with E-state index in [1.165, 1.54) is 24.0 Å². The minimum Gasteiger partial charge on any atom is -0.326 e. The Kier molecular flexibility index (Phi) is 9.91. The number of nitrogens with one attached hydrogen (secondary N) is 2. The summed E-state index contributed by atoms with van der Waals surface area (Å²) in [7, 11) is 0. The van der Waals surface area contributed by atoms with Crippen molar-refractivity contribution in [2.75, 3.05) is 18.4 Å². The molecule has 1 aromatic carbocycles. The van der Waals surface area contributed by atoms with Crippen LogP contribution in [0, 0.1) is 18.8 Å². The third-order valence-corrected chi connectivity index (χ3v) is 6.08. The van der Waals surface area contributed by atoms with Crippen LogP contribution in [0.2, 0.25) is 0 Å². The first-order valence-electron chi connectivity index (χ1n) is 9.18. The summed E-state index contributed by atoms with van der Waals surface area (Å²) >= 11 is 1.94. The quantitative estimate of drug-likeness (QED) is 0.693. The van der Waals surface area contributed by atoms with E-state index in [0.717, 1.165) is 24.5 Å². The molecule has 1 aromatic rings. The third kappa shape index (κ3) is 7.20. The highest BCUT2D eigenvalue weighted by Gasteiger charge is 2.22. The highest BCUT2D eigenvalue weighted by molar-refractivity contribution is 7.99. The Hall–Kier alpha value is -0.710. The Bertz CT molecular complexity index is 544. The van der Waals surface area contributed by atoms with E-state index in [9.17, 15) is 4.79 Å². The monoisotopic (exact) mass is 384 g/mol. The minimum absolute atomic E-state index is 0. The van der Waals surface area contributed by atoms with Gasteiger partial charge in [0.2, 0.25) is 5.91 Å². The first-order chi connectivity index (χ1) is 11.5. The van der Waals surface area contributed by atoms with Crippen molar-refractivity contribution in [1.29, 1.82) is 0 Å². The summed E-state index contributed by atoms with van der Waals surface area (Å²) in [6.07, 6.45) is 3.07. The molecule has 0 bridgehead atoms. The van der Waals surface area contributed by atoms with Crippen molar-refractivity contribution in [3.63, 3.8) is 0 Å². The highest BCUT2D eigenvalue weighted by atomic mass is 35.5. The van der Waals surface area contributed by atoms with Gasteiger partial charge >= 0.3 is 0 Å². The Labute approximate surface area is 163 Å². The molecule has 1 saturated heterocycles. The van der Waals surface area contributed by atoms with Crippen LogP contribution in [0.3, 0.4) is 0 Å². The van der Waals surface area contributed by atoms with Crippen LogP contribution in [0.1, 0.15) is 51.2 Å². The van der Waals surface area contributed by atoms with Crippen LogP contribution in [0.25, 0.3) is 0 Å². The van der Waals surface area contributed by atoms with Gasteiger partial charge in [0.1, 0.15) is 0 Å². The Morgan fingerprint density at radius 2 is 2.12 bits per heavy atom. The second-order valence-corrected chi connectivity index (χ2v) is 8.85. The van der Waals surface area contributed by atoms with E-state index in [1.54, 1.807) is 0 Å². The lowest BCUT2D eigenvalue weighted by atomic mass is 9.85. The zero-order valence-corrected chi connectivity index (χ0v) is 17.6. The third-order valence-electron chi connectivity index (χ3n) is 4.94. The second-order valence-electron chi connectivity index (χ2n) is 7.29. The summed E-state index contributed by atoms with van der Waals surface area (Å²) in [6.45, 7) is 10.9. The molecule has 0 radical (unpaired) electrons. The molecule has 25 heavy (non-hydrogen) atoms. The number of rotatable bonds is 7. The number of anilines is 1. The summed E-state index contributed by atoms with van der Waals surface area (Å²) in [5, 5.41) is 7.20. The number of hydrogen-bond acceptors (Lipinski definition) is 3. The average Bonchev–Trinajstić information content (AvgIpc) is 2.56. The fourth-order valence-electron chi connectivity index (χ4n) is 3.26. The fraction of sp³-hybridized carbons (Fsp3) is 0.650. The number of carbonyl (C=O) groups excluding carboxylic acids is 1. The van der Waals surface area contributed by atoms with Crippen LogP contribution in [0.15, 0.2) is 18.2 Å². The highest BCUT2D eigenvalue weighted by Crippen LogP contribution is 2.26. The van der Waals surface area contributed by atoms with Gasteiger partial charge in [-0.05, 0) is 67.1 Å². The van der Waals surface area contributed by atoms with Crippen LogP contribution < -0.4 is 10.6 Å². The molecule has 0 aromatic heterocycles. The van der Waals surface area contributed by atoms with E-state index in [0.29, 0.717) is 23.5 Å². The number of amides is 1. The van der Waals surface area contributed by atoms with Gasteiger partial charge in [-0.1, -0.05) is 32.9 Å². The van der Waals surface area contributed by atoms with Crippen molar-refractivity contribution in [1.82, 2.24) is 5.32 Å². The predicted molar refractivity (Wildman–Crippen MR) is 113 cm³/mol. The van der Waals surface area contributed by atoms with E-state index < -0.39 is 0 Å². The minimum atomic E-state index is 0. The smallest absolute Gasteiger partial charge is 0.224 e. The van der Waals surface area contributed by atoms with E-state index in [1.807, 2.05) is 23.9 Å². The van der Waals surface area contributed by atoms with Crippen molar-refractivity contribution in [2.24, 2.45) is 11.8 Å². The van der Waals surface area contributed by atoms with E-state index in [2.05, 4.69) is 44.4 Å². The largest absolute Gasteiger partial charge is 0.326 e. The number of benzene rings is 1. The van der Waals surface area contributed by atoms with Crippen molar-refractivity contribution in [3.8, 4) is 0 Å². The van der Waals surface area contributed by atoms with Crippen molar-refractivity contribution in [2.45, 2.75) is 58.0 Å². The van der Waals surface area contributed by atoms with Crippen molar-refractivity contribution >= 4 is 35.8 Å². The maximum Gasteiger partial charge on any atom is 0.224 e. The van der Waals surface area contributed by atoms with Gasteiger partial charge in [0.25, 0.3) is 0 Å². The van der Waals surface area contributed by atoms with Crippen molar-refractivity contribution in [3.05, 3.63) is 29.3 Å². The van der Waals surface area contributed by atoms with Gasteiger partial charge in [-0.15, -0.1) is 12.4 Å². The summed E-state index contributed by atoms with van der Waals surface area (Å²) in [6, 6.07) is 6.23. The molecule has 3 nitrogen and oxygen atoms in total. The fourth-order valence-corrected chi connectivity index (χ4v) is 4.08. The second kappa shape index (κ2) is 11.1. The summed E-state index contributed by atoms with van der Waals surface area (Å²) in [4.78, 5) is 12.5. The first-order valence-corrected chi connectivity index (χ1v) is 10.2. The van der Waals surface area contributed by atoms with Gasteiger partial charge in [-0.3, -0.25) is 4.79 Å². The maximum absolute atomic E-state index is 12.5. The molecular weight excluding hydrogens is 352 g/mol. The summed E-state index contributed by atoms with van der Waals surface area (Å²) in [5.41, 5.74) is 3.48. The van der Waals surface area contributed by atoms with Gasteiger partial charge in [0, 0.05) is 17.9 Å². The summed E-state index contributed by atoms with van der Waals surface area (Å²) in [5.74, 6) is 2.19. The van der Waals surface area contributed by atoms with E-state index >= 15 is 0 Å². The lowest BCUT2D eigenvalue weighted by Crippen LogP contribution is -2.34. The Morgan fingerprint density at radius 3 is 2.76 bits per heavy atom. The lowest BCUT2D eigenvalue weighted by Gasteiger charge is -2.28.